The number of carbonyl (C=O) groups is 1. The minimum Gasteiger partial charge on any atom is -0.870 e. The van der Waals surface area contributed by atoms with Crippen LogP contribution < -0.4 is 56.5 Å². The maximum absolute atomic E-state index is 11.9. The Labute approximate surface area is 231 Å². The van der Waals surface area contributed by atoms with Crippen molar-refractivity contribution >= 4 is 5.97 Å². The maximum Gasteiger partial charge on any atom is 1.00 e. The Kier molecular flexibility index (Phi) is 21.2. The molecule has 0 radical (unpaired) electrons. The second kappa shape index (κ2) is 20.9. The molecule has 2 N–H and O–H groups in total. The summed E-state index contributed by atoms with van der Waals surface area (Å²) < 4.78 is 10.0. The second-order valence-electron chi connectivity index (χ2n) is 8.42. The van der Waals surface area contributed by atoms with E-state index in [0.29, 0.717) is 0 Å². The van der Waals surface area contributed by atoms with Gasteiger partial charge in [-0.25, -0.2) is 4.79 Å². The van der Waals surface area contributed by atoms with E-state index in [1.807, 2.05) is 0 Å². The van der Waals surface area contributed by atoms with Crippen molar-refractivity contribution in [3.8, 4) is 0 Å². The van der Waals surface area contributed by atoms with Crippen molar-refractivity contribution < 1.29 is 81.0 Å². The van der Waals surface area contributed by atoms with E-state index < -0.39 is 30.5 Å². The van der Waals surface area contributed by atoms with E-state index in [1.54, 1.807) is 0 Å². The molecule has 0 saturated heterocycles. The molecule has 1 aliphatic rings. The molecule has 1 heterocycles. The van der Waals surface area contributed by atoms with Crippen molar-refractivity contribution in [1.29, 1.82) is 0 Å². The van der Waals surface area contributed by atoms with Crippen molar-refractivity contribution in [2.24, 2.45) is 0 Å². The molecule has 0 spiro atoms. The summed E-state index contributed by atoms with van der Waals surface area (Å²) in [6.45, 7) is 1.91. The summed E-state index contributed by atoms with van der Waals surface area (Å²) >= 11 is 0. The third kappa shape index (κ3) is 14.3. The van der Waals surface area contributed by atoms with Gasteiger partial charge in [-0.1, -0.05) is 103 Å². The molecule has 0 aromatic rings. The number of esters is 1. The fourth-order valence-corrected chi connectivity index (χ4v) is 3.76. The number of hydrogen-bond donors (Lipinski definition) is 2. The first kappa shape index (κ1) is 31.4. The molecule has 0 aromatic heterocycles. The standard InChI is InChI=1S/C24H44O6.K/c1-2-3-4-5-6-7-8-9-10-11-12-13-14-15-16-17-18-29-23-21(27)22(20(26)19-25)30-24(23)28;/h20,22,25-27H,2-19H2,1H3;/q;+1/p-1/t20-,22+;/m0./s1. The normalized spacial score (nSPS) is 16.9. The van der Waals surface area contributed by atoms with Crippen LogP contribution in [0.25, 0.3) is 0 Å². The van der Waals surface area contributed by atoms with Crippen LogP contribution >= 0.6 is 0 Å². The number of cyclic esters (lactones) is 1. The topological polar surface area (TPSA) is 99.1 Å². The molecule has 1 aliphatic heterocycles. The zero-order chi connectivity index (χ0) is 22.0. The first-order valence-electron chi connectivity index (χ1n) is 12.2. The summed E-state index contributed by atoms with van der Waals surface area (Å²) in [5.74, 6) is -1.89. The number of unbranched alkanes of at least 4 members (excludes halogenated alkanes) is 15. The Morgan fingerprint density at radius 1 is 0.871 bits per heavy atom. The van der Waals surface area contributed by atoms with E-state index in [-0.39, 0.29) is 63.8 Å². The molecule has 1 rings (SSSR count). The van der Waals surface area contributed by atoms with Gasteiger partial charge in [0.05, 0.1) is 13.2 Å². The number of ether oxygens (including phenoxy) is 2. The van der Waals surface area contributed by atoms with Crippen LogP contribution in [0.3, 0.4) is 0 Å². The van der Waals surface area contributed by atoms with Gasteiger partial charge in [0.1, 0.15) is 12.2 Å². The number of carbonyl (C=O) groups excluding carboxylic acids is 1. The Balaban J connectivity index is 0.00000900. The molecule has 0 saturated carbocycles. The summed E-state index contributed by atoms with van der Waals surface area (Å²) in [5.41, 5.74) is 0. The zero-order valence-corrected chi connectivity index (χ0v) is 23.0. The largest absolute Gasteiger partial charge is 1.00 e. The van der Waals surface area contributed by atoms with Gasteiger partial charge in [-0.05, 0) is 12.2 Å². The third-order valence-corrected chi connectivity index (χ3v) is 5.68. The van der Waals surface area contributed by atoms with Gasteiger partial charge in [-0.2, -0.15) is 0 Å². The average Bonchev–Trinajstić information content (AvgIpc) is 3.03. The molecule has 6 nitrogen and oxygen atoms in total. The number of aliphatic hydroxyl groups is 2. The molecular formula is C24H43KO6. The minimum atomic E-state index is -1.40. The molecule has 0 aromatic carbocycles. The fraction of sp³-hybridized carbons (Fsp3) is 0.875. The first-order chi connectivity index (χ1) is 14.6. The fourth-order valence-electron chi connectivity index (χ4n) is 3.76. The molecule has 31 heavy (non-hydrogen) atoms. The van der Waals surface area contributed by atoms with E-state index in [2.05, 4.69) is 6.92 Å². The average molecular weight is 467 g/mol. The smallest absolute Gasteiger partial charge is 0.870 e. The molecule has 0 fully saturated rings. The van der Waals surface area contributed by atoms with Gasteiger partial charge in [0.2, 0.25) is 0 Å². The van der Waals surface area contributed by atoms with E-state index in [4.69, 9.17) is 14.6 Å². The van der Waals surface area contributed by atoms with Crippen LogP contribution in [0.5, 0.6) is 0 Å². The van der Waals surface area contributed by atoms with Gasteiger partial charge in [0, 0.05) is 0 Å². The van der Waals surface area contributed by atoms with E-state index >= 15 is 0 Å². The summed E-state index contributed by atoms with van der Waals surface area (Å²) in [5, 5.41) is 30.3. The Morgan fingerprint density at radius 2 is 1.29 bits per heavy atom. The third-order valence-electron chi connectivity index (χ3n) is 5.68. The Morgan fingerprint density at radius 3 is 1.71 bits per heavy atom. The maximum atomic E-state index is 11.9. The Bertz CT molecular complexity index is 483. The van der Waals surface area contributed by atoms with Crippen LogP contribution in [0.4, 0.5) is 0 Å². The van der Waals surface area contributed by atoms with Gasteiger partial charge >= 0.3 is 57.4 Å². The van der Waals surface area contributed by atoms with Gasteiger partial charge in [0.15, 0.2) is 5.76 Å². The molecular weight excluding hydrogens is 423 g/mol. The molecule has 0 bridgehead atoms. The Hall–Kier alpha value is 0.366. The number of hydrogen-bond acceptors (Lipinski definition) is 6. The van der Waals surface area contributed by atoms with Gasteiger partial charge < -0.3 is 24.8 Å². The quantitative estimate of drug-likeness (QED) is 0.158. The molecule has 7 heteroatoms. The van der Waals surface area contributed by atoms with E-state index in [9.17, 15) is 15.0 Å². The zero-order valence-electron chi connectivity index (χ0n) is 19.9. The molecule has 0 amide bonds. The van der Waals surface area contributed by atoms with Crippen LogP contribution in [0, 0.1) is 0 Å². The predicted octanol–water partition coefficient (Wildman–Crippen LogP) is 1.12. The molecule has 176 valence electrons. The van der Waals surface area contributed by atoms with Gasteiger partial charge in [-0.15, -0.1) is 0 Å². The van der Waals surface area contributed by atoms with E-state index in [1.165, 1.54) is 83.5 Å². The predicted molar refractivity (Wildman–Crippen MR) is 115 cm³/mol. The van der Waals surface area contributed by atoms with Crippen LogP contribution in [0.2, 0.25) is 0 Å². The van der Waals surface area contributed by atoms with Crippen molar-refractivity contribution in [3.63, 3.8) is 0 Å². The van der Waals surface area contributed by atoms with E-state index in [0.717, 1.165) is 19.3 Å². The first-order valence-corrected chi connectivity index (χ1v) is 12.2. The summed E-state index contributed by atoms with van der Waals surface area (Å²) in [7, 11) is 0. The van der Waals surface area contributed by atoms with Crippen LogP contribution in [0.1, 0.15) is 110 Å². The van der Waals surface area contributed by atoms with Crippen LogP contribution in [0.15, 0.2) is 11.5 Å². The number of aliphatic hydroxyl groups excluding tert-OH is 2. The summed E-state index contributed by atoms with van der Waals surface area (Å²) in [6.07, 6.45) is 17.7. The van der Waals surface area contributed by atoms with Gasteiger partial charge in [-0.3, -0.25) is 0 Å². The molecule has 0 unspecified atom stereocenters. The minimum absolute atomic E-state index is 0. The van der Waals surface area contributed by atoms with Crippen LogP contribution in [-0.2, 0) is 14.3 Å². The monoisotopic (exact) mass is 466 g/mol. The van der Waals surface area contributed by atoms with Crippen molar-refractivity contribution in [3.05, 3.63) is 11.5 Å². The van der Waals surface area contributed by atoms with Gasteiger partial charge in [0.25, 0.3) is 0 Å². The SMILES string of the molecule is CCCCCCCCCCCCCCCCCCOC1=C([O-])[C@@H]([C@@H](O)CO)OC1=O.[K+]. The van der Waals surface area contributed by atoms with Crippen molar-refractivity contribution in [2.75, 3.05) is 13.2 Å². The number of rotatable bonds is 20. The summed E-state index contributed by atoms with van der Waals surface area (Å²) in [4.78, 5) is 11.6. The van der Waals surface area contributed by atoms with Crippen molar-refractivity contribution in [1.82, 2.24) is 0 Å². The van der Waals surface area contributed by atoms with Crippen LogP contribution in [-0.4, -0.2) is 41.6 Å². The molecule has 2 atom stereocenters. The second-order valence-corrected chi connectivity index (χ2v) is 8.42. The summed E-state index contributed by atoms with van der Waals surface area (Å²) in [6, 6.07) is 0. The molecule has 0 aliphatic carbocycles. The van der Waals surface area contributed by atoms with Crippen molar-refractivity contribution in [2.45, 2.75) is 122 Å².